The Morgan fingerprint density at radius 1 is 1.37 bits per heavy atom. The Morgan fingerprint density at radius 2 is 2.05 bits per heavy atom. The highest BCUT2D eigenvalue weighted by Crippen LogP contribution is 2.47. The number of rotatable bonds is 1. The molecule has 0 bridgehead atoms. The van der Waals surface area contributed by atoms with Gasteiger partial charge in [-0.1, -0.05) is 12.1 Å². The van der Waals surface area contributed by atoms with Crippen molar-refractivity contribution in [2.45, 2.75) is 50.0 Å². The number of benzene rings is 1. The lowest BCUT2D eigenvalue weighted by molar-refractivity contribution is 0.0475. The molecule has 3 rings (SSSR count). The maximum absolute atomic E-state index is 12.0. The van der Waals surface area contributed by atoms with E-state index in [1.54, 1.807) is 6.07 Å². The molecular weight excluding hydrogens is 262 g/mol. The molecule has 5 heteroatoms. The summed E-state index contributed by atoms with van der Waals surface area (Å²) in [6.07, 6.45) is 2.07. The van der Waals surface area contributed by atoms with E-state index in [4.69, 9.17) is 4.74 Å². The summed E-state index contributed by atoms with van der Waals surface area (Å²) in [5, 5.41) is 0. The first kappa shape index (κ1) is 12.9. The predicted octanol–water partition coefficient (Wildman–Crippen LogP) is 1.98. The quantitative estimate of drug-likeness (QED) is 0.789. The molecule has 2 aliphatic heterocycles. The summed E-state index contributed by atoms with van der Waals surface area (Å²) < 4.78 is 30.0. The van der Waals surface area contributed by atoms with Gasteiger partial charge in [0.2, 0.25) is 0 Å². The van der Waals surface area contributed by atoms with E-state index in [9.17, 15) is 8.42 Å². The van der Waals surface area contributed by atoms with Gasteiger partial charge in [0.1, 0.15) is 6.23 Å². The number of hydrogen-bond donors (Lipinski definition) is 0. The Labute approximate surface area is 114 Å². The molecule has 0 N–H and O–H groups in total. The molecule has 0 saturated carbocycles. The van der Waals surface area contributed by atoms with Gasteiger partial charge in [0, 0.05) is 12.7 Å². The number of para-hydroxylation sites is 1. The van der Waals surface area contributed by atoms with Crippen LogP contribution in [0, 0.1) is 0 Å². The highest BCUT2D eigenvalue weighted by molar-refractivity contribution is 7.90. The van der Waals surface area contributed by atoms with Crippen molar-refractivity contribution < 1.29 is 13.2 Å². The molecule has 0 amide bonds. The fourth-order valence-electron chi connectivity index (χ4n) is 3.09. The fraction of sp³-hybridized carbons (Fsp3) is 0.571. The lowest BCUT2D eigenvalue weighted by Gasteiger charge is -2.34. The van der Waals surface area contributed by atoms with E-state index >= 15 is 0 Å². The van der Waals surface area contributed by atoms with Crippen LogP contribution in [0.5, 0.6) is 0 Å². The minimum atomic E-state index is -3.23. The van der Waals surface area contributed by atoms with Gasteiger partial charge in [0.25, 0.3) is 0 Å². The summed E-state index contributed by atoms with van der Waals surface area (Å²) in [7, 11) is -3.23. The van der Waals surface area contributed by atoms with Gasteiger partial charge in [-0.3, -0.25) is 0 Å². The zero-order valence-electron chi connectivity index (χ0n) is 11.7. The molecule has 1 aromatic carbocycles. The van der Waals surface area contributed by atoms with E-state index < -0.39 is 9.84 Å². The summed E-state index contributed by atoms with van der Waals surface area (Å²) in [6.45, 7) is 6.25. The van der Waals surface area contributed by atoms with Crippen LogP contribution in [-0.4, -0.2) is 32.5 Å². The second-order valence-electron chi connectivity index (χ2n) is 6.00. The van der Waals surface area contributed by atoms with Crippen LogP contribution in [0.4, 0.5) is 5.69 Å². The average Bonchev–Trinajstić information content (AvgIpc) is 2.73. The zero-order valence-corrected chi connectivity index (χ0v) is 12.5. The molecule has 1 saturated heterocycles. The van der Waals surface area contributed by atoms with Crippen LogP contribution in [0.1, 0.15) is 26.3 Å². The Morgan fingerprint density at radius 3 is 2.68 bits per heavy atom. The molecule has 2 heterocycles. The molecule has 2 unspecified atom stereocenters. The van der Waals surface area contributed by atoms with E-state index in [1.807, 2.05) is 19.1 Å². The van der Waals surface area contributed by atoms with Gasteiger partial charge in [-0.2, -0.15) is 0 Å². The fourth-order valence-corrected chi connectivity index (χ4v) is 4.00. The van der Waals surface area contributed by atoms with E-state index in [1.165, 1.54) is 6.26 Å². The van der Waals surface area contributed by atoms with E-state index in [0.717, 1.165) is 17.7 Å². The first-order valence-electron chi connectivity index (χ1n) is 6.49. The lowest BCUT2D eigenvalue weighted by Crippen LogP contribution is -2.45. The summed E-state index contributed by atoms with van der Waals surface area (Å²) in [6, 6.07) is 5.50. The summed E-state index contributed by atoms with van der Waals surface area (Å²) in [4.78, 5) is 2.56. The van der Waals surface area contributed by atoms with Crippen LogP contribution in [-0.2, 0) is 21.0 Å². The van der Waals surface area contributed by atoms with E-state index in [0.29, 0.717) is 4.90 Å². The number of ether oxygens (including phenoxy) is 1. The Kier molecular flexibility index (Phi) is 2.54. The van der Waals surface area contributed by atoms with Gasteiger partial charge in [-0.15, -0.1) is 0 Å². The molecule has 4 nitrogen and oxygen atoms in total. The molecule has 0 spiro atoms. The van der Waals surface area contributed by atoms with Crippen molar-refractivity contribution in [1.82, 2.24) is 0 Å². The summed E-state index contributed by atoms with van der Waals surface area (Å²) >= 11 is 0. The molecule has 0 aromatic heterocycles. The van der Waals surface area contributed by atoms with E-state index in [2.05, 4.69) is 18.7 Å². The number of nitrogens with zero attached hydrogens (tertiary/aromatic N) is 1. The van der Waals surface area contributed by atoms with E-state index in [-0.39, 0.29) is 17.9 Å². The second-order valence-corrected chi connectivity index (χ2v) is 7.98. The summed E-state index contributed by atoms with van der Waals surface area (Å²) in [5.41, 5.74) is 1.70. The highest BCUT2D eigenvalue weighted by Gasteiger charge is 2.51. The molecule has 0 radical (unpaired) electrons. The Bertz CT molecular complexity index is 636. The van der Waals surface area contributed by atoms with Crippen molar-refractivity contribution in [1.29, 1.82) is 0 Å². The van der Waals surface area contributed by atoms with Crippen molar-refractivity contribution >= 4 is 15.5 Å². The SMILES string of the molecule is CC1OC2Cc3cccc(S(C)(=O)=O)c3N2C1(C)C. The smallest absolute Gasteiger partial charge is 0.177 e. The number of anilines is 1. The normalized spacial score (nSPS) is 28.3. The highest BCUT2D eigenvalue weighted by atomic mass is 32.2. The third-order valence-electron chi connectivity index (χ3n) is 4.38. The maximum Gasteiger partial charge on any atom is 0.177 e. The van der Waals surface area contributed by atoms with Gasteiger partial charge < -0.3 is 9.64 Å². The minimum absolute atomic E-state index is 0.0390. The predicted molar refractivity (Wildman–Crippen MR) is 74.1 cm³/mol. The van der Waals surface area contributed by atoms with Crippen molar-refractivity contribution in [3.8, 4) is 0 Å². The Hall–Kier alpha value is -1.07. The summed E-state index contributed by atoms with van der Waals surface area (Å²) in [5.74, 6) is 0. The number of fused-ring (bicyclic) bond motifs is 3. The molecule has 19 heavy (non-hydrogen) atoms. The van der Waals surface area contributed by atoms with Crippen molar-refractivity contribution in [2.24, 2.45) is 0 Å². The van der Waals surface area contributed by atoms with Gasteiger partial charge in [0.05, 0.1) is 22.2 Å². The van der Waals surface area contributed by atoms with Crippen molar-refractivity contribution in [3.63, 3.8) is 0 Å². The van der Waals surface area contributed by atoms with Crippen LogP contribution in [0.15, 0.2) is 23.1 Å². The molecule has 104 valence electrons. The minimum Gasteiger partial charge on any atom is -0.353 e. The van der Waals surface area contributed by atoms with Crippen molar-refractivity contribution in [2.75, 3.05) is 11.2 Å². The molecule has 2 atom stereocenters. The second kappa shape index (κ2) is 3.73. The first-order chi connectivity index (χ1) is 8.73. The molecule has 1 fully saturated rings. The van der Waals surface area contributed by atoms with Crippen LogP contribution in [0.25, 0.3) is 0 Å². The van der Waals surface area contributed by atoms with Crippen LogP contribution in [0.3, 0.4) is 0 Å². The Balaban J connectivity index is 2.23. The zero-order chi connectivity index (χ0) is 14.0. The first-order valence-corrected chi connectivity index (χ1v) is 8.39. The molecular formula is C14H19NO3S. The standard InChI is InChI=1S/C14H19NO3S/c1-9-14(2,3)15-12(18-9)8-10-6-5-7-11(13(10)15)19(4,16)17/h5-7,9,12H,8H2,1-4H3. The van der Waals surface area contributed by atoms with Gasteiger partial charge in [0.15, 0.2) is 9.84 Å². The van der Waals surface area contributed by atoms with Gasteiger partial charge >= 0.3 is 0 Å². The third-order valence-corrected chi connectivity index (χ3v) is 5.51. The monoisotopic (exact) mass is 281 g/mol. The topological polar surface area (TPSA) is 46.6 Å². The lowest BCUT2D eigenvalue weighted by atomic mass is 9.97. The third kappa shape index (κ3) is 1.71. The van der Waals surface area contributed by atoms with Crippen LogP contribution < -0.4 is 4.90 Å². The van der Waals surface area contributed by atoms with Crippen LogP contribution in [0.2, 0.25) is 0 Å². The van der Waals surface area contributed by atoms with Crippen LogP contribution >= 0.6 is 0 Å². The van der Waals surface area contributed by atoms with Gasteiger partial charge in [-0.25, -0.2) is 8.42 Å². The number of sulfone groups is 1. The number of hydrogen-bond acceptors (Lipinski definition) is 4. The average molecular weight is 281 g/mol. The molecule has 2 aliphatic rings. The largest absolute Gasteiger partial charge is 0.353 e. The molecule has 0 aliphatic carbocycles. The van der Waals surface area contributed by atoms with Gasteiger partial charge in [-0.05, 0) is 32.4 Å². The maximum atomic E-state index is 12.0. The van der Waals surface area contributed by atoms with Crippen molar-refractivity contribution in [3.05, 3.63) is 23.8 Å². The molecule has 1 aromatic rings.